The molecule has 0 rings (SSSR count). The number of likely N-dealkylation sites (N-methyl/N-ethyl adjacent to an activating group) is 1. The van der Waals surface area contributed by atoms with Crippen molar-refractivity contribution in [1.82, 2.24) is 0 Å². The molecule has 0 aliphatic rings. The molecule has 0 heterocycles. The molecule has 68 valence electrons. The first kappa shape index (κ1) is 13.7. The van der Waals surface area contributed by atoms with E-state index in [9.17, 15) is 0 Å². The van der Waals surface area contributed by atoms with Crippen LogP contribution in [0.4, 0.5) is 0 Å². The lowest BCUT2D eigenvalue weighted by molar-refractivity contribution is -0.870. The van der Waals surface area contributed by atoms with Crippen LogP contribution in [0.3, 0.4) is 0 Å². The largest absolute Gasteiger partial charge is 0.391 e. The fraction of sp³-hybridized carbons (Fsp3) is 0.750. The van der Waals surface area contributed by atoms with E-state index >= 15 is 0 Å². The van der Waals surface area contributed by atoms with Crippen molar-refractivity contribution < 1.29 is 9.59 Å². The lowest BCUT2D eigenvalue weighted by atomic mass is 10.5. The molecular formula is C8H21NOP+. The van der Waals surface area contributed by atoms with Crippen molar-refractivity contribution in [3.63, 3.8) is 0 Å². The second kappa shape index (κ2) is 8.19. The number of nitrogens with zero attached hydrogens (tertiary/aromatic N) is 1. The maximum atomic E-state index is 8.39. The summed E-state index contributed by atoms with van der Waals surface area (Å²) in [5, 5.41) is 8.39. The van der Waals surface area contributed by atoms with E-state index in [-0.39, 0.29) is 6.61 Å². The maximum Gasteiger partial charge on any atom is 0.101 e. The van der Waals surface area contributed by atoms with Crippen molar-refractivity contribution in [1.29, 1.82) is 0 Å². The Labute approximate surface area is 72.7 Å². The van der Waals surface area contributed by atoms with Gasteiger partial charge in [0.2, 0.25) is 0 Å². The van der Waals surface area contributed by atoms with Gasteiger partial charge >= 0.3 is 0 Å². The van der Waals surface area contributed by atoms with Gasteiger partial charge < -0.3 is 9.59 Å². The minimum Gasteiger partial charge on any atom is -0.391 e. The molecule has 3 heteroatoms. The molecule has 0 aromatic heterocycles. The van der Waals surface area contributed by atoms with Crippen LogP contribution in [0.2, 0.25) is 0 Å². The number of aliphatic hydroxyl groups is 1. The number of aliphatic hydroxyl groups excluding tert-OH is 1. The Morgan fingerprint density at radius 3 is 1.82 bits per heavy atom. The van der Waals surface area contributed by atoms with Crippen LogP contribution in [-0.2, 0) is 0 Å². The topological polar surface area (TPSA) is 20.2 Å². The van der Waals surface area contributed by atoms with E-state index in [0.717, 1.165) is 17.2 Å². The van der Waals surface area contributed by atoms with Crippen molar-refractivity contribution in [2.75, 3.05) is 40.5 Å². The summed E-state index contributed by atoms with van der Waals surface area (Å²) in [6, 6.07) is 0. The fourth-order valence-electron chi connectivity index (χ4n) is 0.300. The molecule has 0 saturated carbocycles. The lowest BCUT2D eigenvalue weighted by Gasteiger charge is -2.21. The molecule has 1 N–H and O–H groups in total. The summed E-state index contributed by atoms with van der Waals surface area (Å²) >= 11 is 0. The highest BCUT2D eigenvalue weighted by atomic mass is 31.0. The molecule has 0 bridgehead atoms. The van der Waals surface area contributed by atoms with Crippen molar-refractivity contribution in [2.24, 2.45) is 0 Å². The third-order valence-corrected chi connectivity index (χ3v) is 1.27. The van der Waals surface area contributed by atoms with E-state index in [1.807, 2.05) is 6.08 Å². The van der Waals surface area contributed by atoms with E-state index < -0.39 is 0 Å². The Morgan fingerprint density at radius 2 is 1.82 bits per heavy atom. The molecule has 0 saturated heterocycles. The normalized spacial score (nSPS) is 9.91. The average Bonchev–Trinajstić information content (AvgIpc) is 1.86. The van der Waals surface area contributed by atoms with E-state index in [1.54, 1.807) is 0 Å². The number of hydrogen-bond donors (Lipinski definition) is 1. The van der Waals surface area contributed by atoms with Gasteiger partial charge in [0.05, 0.1) is 27.7 Å². The highest BCUT2D eigenvalue weighted by molar-refractivity contribution is 7.16. The predicted molar refractivity (Wildman–Crippen MR) is 54.8 cm³/mol. The average molecular weight is 178 g/mol. The molecule has 0 aliphatic heterocycles. The monoisotopic (exact) mass is 178 g/mol. The smallest absolute Gasteiger partial charge is 0.101 e. The molecule has 2 nitrogen and oxygen atoms in total. The van der Waals surface area contributed by atoms with Crippen molar-refractivity contribution >= 4 is 9.24 Å². The molecule has 0 amide bonds. The summed E-state index contributed by atoms with van der Waals surface area (Å²) in [7, 11) is 8.69. The van der Waals surface area contributed by atoms with Crippen LogP contribution in [0.1, 0.15) is 0 Å². The molecule has 0 aliphatic carbocycles. The predicted octanol–water partition coefficient (Wildman–Crippen LogP) is 0.732. The van der Waals surface area contributed by atoms with E-state index in [0.29, 0.717) is 0 Å². The van der Waals surface area contributed by atoms with Gasteiger partial charge in [-0.15, -0.1) is 15.8 Å². The Bertz CT molecular complexity index is 88.6. The highest BCUT2D eigenvalue weighted by Crippen LogP contribution is 1.84. The highest BCUT2D eigenvalue weighted by Gasteiger charge is 2.02. The first-order valence-corrected chi connectivity index (χ1v) is 4.52. The van der Waals surface area contributed by atoms with Crippen LogP contribution in [-0.4, -0.2) is 50.0 Å². The standard InChI is InChI=1S/C5H14NO.C3H7P/c1-6(2,3)4-5-7;1-2-3-4/h7H,4-5H2,1-3H3;2H,1,3-4H2/q+1;. The molecule has 1 atom stereocenters. The first-order chi connectivity index (χ1) is 4.97. The number of hydrogen-bond acceptors (Lipinski definition) is 1. The lowest BCUT2D eigenvalue weighted by Crippen LogP contribution is -2.36. The van der Waals surface area contributed by atoms with E-state index in [4.69, 9.17) is 5.11 Å². The zero-order chi connectivity index (χ0) is 9.33. The quantitative estimate of drug-likeness (QED) is 0.384. The van der Waals surface area contributed by atoms with Gasteiger partial charge in [-0.3, -0.25) is 0 Å². The molecule has 0 fully saturated rings. The SMILES string of the molecule is C=CCP.C[N+](C)(C)CCO. The van der Waals surface area contributed by atoms with E-state index in [2.05, 4.69) is 37.0 Å². The van der Waals surface area contributed by atoms with Crippen molar-refractivity contribution in [2.45, 2.75) is 0 Å². The van der Waals surface area contributed by atoms with Gasteiger partial charge in [0.25, 0.3) is 0 Å². The third-order valence-electron chi connectivity index (χ3n) is 0.937. The molecule has 11 heavy (non-hydrogen) atoms. The third kappa shape index (κ3) is 25.5. The number of allylic oxidation sites excluding steroid dienone is 1. The molecule has 0 aromatic rings. The minimum atomic E-state index is 0.281. The molecular weight excluding hydrogens is 157 g/mol. The van der Waals surface area contributed by atoms with Crippen LogP contribution in [0.25, 0.3) is 0 Å². The zero-order valence-corrected chi connectivity index (χ0v) is 9.03. The van der Waals surface area contributed by atoms with Crippen LogP contribution >= 0.6 is 9.24 Å². The summed E-state index contributed by atoms with van der Waals surface area (Å²) in [5.74, 6) is 0. The van der Waals surface area contributed by atoms with Crippen LogP contribution in [0.5, 0.6) is 0 Å². The number of quaternary nitrogens is 1. The molecule has 0 radical (unpaired) electrons. The molecule has 1 unspecified atom stereocenters. The number of rotatable bonds is 3. The van der Waals surface area contributed by atoms with Gasteiger partial charge in [0.15, 0.2) is 0 Å². The Morgan fingerprint density at radius 1 is 1.45 bits per heavy atom. The maximum absolute atomic E-state index is 8.39. The van der Waals surface area contributed by atoms with Crippen LogP contribution in [0.15, 0.2) is 12.7 Å². The van der Waals surface area contributed by atoms with Crippen LogP contribution in [0, 0.1) is 0 Å². The summed E-state index contributed by atoms with van der Waals surface area (Å²) < 4.78 is 0.844. The summed E-state index contributed by atoms with van der Waals surface area (Å²) in [4.78, 5) is 0. The summed E-state index contributed by atoms with van der Waals surface area (Å²) in [6.45, 7) is 4.57. The van der Waals surface area contributed by atoms with Crippen molar-refractivity contribution in [3.8, 4) is 0 Å². The second-order valence-electron chi connectivity index (χ2n) is 3.26. The van der Waals surface area contributed by atoms with Crippen molar-refractivity contribution in [3.05, 3.63) is 12.7 Å². The minimum absolute atomic E-state index is 0.281. The molecule has 0 aromatic carbocycles. The summed E-state index contributed by atoms with van der Waals surface area (Å²) in [6.07, 6.45) is 2.84. The van der Waals surface area contributed by atoms with Gasteiger partial charge in [-0.1, -0.05) is 6.08 Å². The van der Waals surface area contributed by atoms with Gasteiger partial charge in [0.1, 0.15) is 6.54 Å². The first-order valence-electron chi connectivity index (χ1n) is 3.70. The molecule has 0 spiro atoms. The van der Waals surface area contributed by atoms with Gasteiger partial charge in [-0.2, -0.15) is 0 Å². The Balaban J connectivity index is 0. The Kier molecular flexibility index (Phi) is 10.2. The van der Waals surface area contributed by atoms with Gasteiger partial charge in [-0.05, 0) is 6.16 Å². The van der Waals surface area contributed by atoms with Crippen LogP contribution < -0.4 is 0 Å². The van der Waals surface area contributed by atoms with E-state index in [1.165, 1.54) is 0 Å². The van der Waals surface area contributed by atoms with Gasteiger partial charge in [0, 0.05) is 0 Å². The summed E-state index contributed by atoms with van der Waals surface area (Å²) in [5.41, 5.74) is 0. The fourth-order valence-corrected chi connectivity index (χ4v) is 0.300. The zero-order valence-electron chi connectivity index (χ0n) is 7.88. The van der Waals surface area contributed by atoms with Gasteiger partial charge in [-0.25, -0.2) is 0 Å². The second-order valence-corrected chi connectivity index (χ2v) is 3.73. The Hall–Kier alpha value is 0.0900.